The molecule has 0 fully saturated rings. The van der Waals surface area contributed by atoms with Crippen molar-refractivity contribution in [2.75, 3.05) is 14.2 Å². The first kappa shape index (κ1) is 14.8. The summed E-state index contributed by atoms with van der Waals surface area (Å²) in [5.41, 5.74) is 6.72. The number of rotatable bonds is 6. The van der Waals surface area contributed by atoms with Gasteiger partial charge < -0.3 is 20.3 Å². The molecule has 1 unspecified atom stereocenters. The minimum atomic E-state index is -0.869. The fourth-order valence-electron chi connectivity index (χ4n) is 1.67. The average Bonchev–Trinajstić information content (AvgIpc) is 2.34. The number of carboxylic acid groups (broad SMARTS) is 1. The van der Waals surface area contributed by atoms with Crippen LogP contribution in [0.5, 0.6) is 11.5 Å². The summed E-state index contributed by atoms with van der Waals surface area (Å²) in [5.74, 6) is 0.234. The number of nitrogens with two attached hydrogens (primary N) is 1. The van der Waals surface area contributed by atoms with Crippen LogP contribution in [0.4, 0.5) is 0 Å². The SMILES string of the molecule is COc1cc(Br)cc(C(N)CCC(=O)O)c1OC. The molecule has 0 aromatic heterocycles. The summed E-state index contributed by atoms with van der Waals surface area (Å²) in [6.07, 6.45) is 0.352. The maximum Gasteiger partial charge on any atom is 0.303 e. The number of carboxylic acids is 1. The molecule has 0 saturated carbocycles. The van der Waals surface area contributed by atoms with Crippen molar-refractivity contribution in [2.45, 2.75) is 18.9 Å². The topological polar surface area (TPSA) is 81.8 Å². The lowest BCUT2D eigenvalue weighted by atomic mass is 10.0. The predicted octanol–water partition coefficient (Wildman–Crippen LogP) is 2.33. The first-order chi connectivity index (χ1) is 8.49. The summed E-state index contributed by atoms with van der Waals surface area (Å²) in [6.45, 7) is 0. The van der Waals surface area contributed by atoms with E-state index in [1.165, 1.54) is 14.2 Å². The van der Waals surface area contributed by atoms with Gasteiger partial charge in [0.2, 0.25) is 0 Å². The molecule has 0 heterocycles. The number of ether oxygens (including phenoxy) is 2. The normalized spacial score (nSPS) is 12.0. The number of benzene rings is 1. The van der Waals surface area contributed by atoms with Crippen molar-refractivity contribution in [1.29, 1.82) is 0 Å². The maximum absolute atomic E-state index is 10.6. The monoisotopic (exact) mass is 317 g/mol. The third kappa shape index (κ3) is 3.61. The van der Waals surface area contributed by atoms with Crippen LogP contribution in [-0.2, 0) is 4.79 Å². The van der Waals surface area contributed by atoms with Crippen LogP contribution in [0.25, 0.3) is 0 Å². The average molecular weight is 318 g/mol. The van der Waals surface area contributed by atoms with Crippen molar-refractivity contribution in [3.05, 3.63) is 22.2 Å². The molecule has 0 bridgehead atoms. The van der Waals surface area contributed by atoms with Gasteiger partial charge >= 0.3 is 5.97 Å². The number of halogens is 1. The lowest BCUT2D eigenvalue weighted by molar-refractivity contribution is -0.137. The van der Waals surface area contributed by atoms with E-state index in [-0.39, 0.29) is 6.42 Å². The highest BCUT2D eigenvalue weighted by atomic mass is 79.9. The molecule has 0 aliphatic carbocycles. The summed E-state index contributed by atoms with van der Waals surface area (Å²) in [4.78, 5) is 10.6. The van der Waals surface area contributed by atoms with Crippen molar-refractivity contribution in [3.8, 4) is 11.5 Å². The maximum atomic E-state index is 10.6. The van der Waals surface area contributed by atoms with Crippen LogP contribution in [0, 0.1) is 0 Å². The van der Waals surface area contributed by atoms with Crippen LogP contribution >= 0.6 is 15.9 Å². The smallest absolute Gasteiger partial charge is 0.303 e. The Morgan fingerprint density at radius 2 is 2.11 bits per heavy atom. The van der Waals surface area contributed by atoms with Crippen LogP contribution in [0.15, 0.2) is 16.6 Å². The van der Waals surface area contributed by atoms with Crippen LogP contribution in [0.1, 0.15) is 24.4 Å². The van der Waals surface area contributed by atoms with Gasteiger partial charge in [0.05, 0.1) is 14.2 Å². The zero-order valence-electron chi connectivity index (χ0n) is 10.3. The molecule has 1 rings (SSSR count). The third-order valence-electron chi connectivity index (χ3n) is 2.54. The van der Waals surface area contributed by atoms with Crippen molar-refractivity contribution >= 4 is 21.9 Å². The summed E-state index contributed by atoms with van der Waals surface area (Å²) in [5, 5.41) is 8.67. The van der Waals surface area contributed by atoms with E-state index in [2.05, 4.69) is 15.9 Å². The van der Waals surface area contributed by atoms with Gasteiger partial charge in [-0.2, -0.15) is 0 Å². The summed E-state index contributed by atoms with van der Waals surface area (Å²) >= 11 is 3.36. The second kappa shape index (κ2) is 6.61. The Morgan fingerprint density at radius 1 is 1.44 bits per heavy atom. The Bertz CT molecular complexity index is 436. The Labute approximate surface area is 114 Å². The third-order valence-corrected chi connectivity index (χ3v) is 3.00. The number of hydrogen-bond donors (Lipinski definition) is 2. The van der Waals surface area contributed by atoms with Crippen molar-refractivity contribution in [3.63, 3.8) is 0 Å². The number of hydrogen-bond acceptors (Lipinski definition) is 4. The van der Waals surface area contributed by atoms with Gasteiger partial charge in [-0.1, -0.05) is 15.9 Å². The van der Waals surface area contributed by atoms with E-state index < -0.39 is 12.0 Å². The van der Waals surface area contributed by atoms with Crippen molar-refractivity contribution < 1.29 is 19.4 Å². The quantitative estimate of drug-likeness (QED) is 0.841. The molecule has 18 heavy (non-hydrogen) atoms. The van der Waals surface area contributed by atoms with Gasteiger partial charge in [0.15, 0.2) is 11.5 Å². The lowest BCUT2D eigenvalue weighted by Gasteiger charge is -2.18. The van der Waals surface area contributed by atoms with Gasteiger partial charge in [-0.25, -0.2) is 0 Å². The number of aliphatic carboxylic acids is 1. The molecule has 0 radical (unpaired) electrons. The lowest BCUT2D eigenvalue weighted by Crippen LogP contribution is -2.14. The Hall–Kier alpha value is -1.27. The Morgan fingerprint density at radius 3 is 2.61 bits per heavy atom. The Balaban J connectivity index is 3.05. The van der Waals surface area contributed by atoms with Gasteiger partial charge in [-0.05, 0) is 18.6 Å². The fourth-order valence-corrected chi connectivity index (χ4v) is 2.12. The molecular formula is C12H16BrNO4. The molecular weight excluding hydrogens is 302 g/mol. The van der Waals surface area contributed by atoms with Crippen LogP contribution < -0.4 is 15.2 Å². The minimum Gasteiger partial charge on any atom is -0.493 e. The van der Waals surface area contributed by atoms with E-state index in [0.29, 0.717) is 17.9 Å². The molecule has 0 spiro atoms. The molecule has 1 atom stereocenters. The highest BCUT2D eigenvalue weighted by Crippen LogP contribution is 2.38. The van der Waals surface area contributed by atoms with Gasteiger partial charge in [0.1, 0.15) is 0 Å². The molecule has 0 aliphatic rings. The zero-order valence-corrected chi connectivity index (χ0v) is 11.9. The van der Waals surface area contributed by atoms with Gasteiger partial charge in [-0.15, -0.1) is 0 Å². The van der Waals surface area contributed by atoms with Crippen molar-refractivity contribution in [2.24, 2.45) is 5.73 Å². The molecule has 0 amide bonds. The van der Waals surface area contributed by atoms with Gasteiger partial charge in [-0.3, -0.25) is 4.79 Å². The van der Waals surface area contributed by atoms with E-state index in [9.17, 15) is 4.79 Å². The number of methoxy groups -OCH3 is 2. The van der Waals surface area contributed by atoms with E-state index in [0.717, 1.165) is 10.0 Å². The van der Waals surface area contributed by atoms with E-state index in [1.807, 2.05) is 6.07 Å². The minimum absolute atomic E-state index is 0.0130. The van der Waals surface area contributed by atoms with Gasteiger partial charge in [0, 0.05) is 22.5 Å². The molecule has 1 aromatic rings. The summed E-state index contributed by atoms with van der Waals surface area (Å²) < 4.78 is 11.3. The first-order valence-corrected chi connectivity index (χ1v) is 6.17. The number of carbonyl (C=O) groups is 1. The molecule has 100 valence electrons. The molecule has 1 aromatic carbocycles. The first-order valence-electron chi connectivity index (χ1n) is 5.38. The van der Waals surface area contributed by atoms with E-state index in [4.69, 9.17) is 20.3 Å². The highest BCUT2D eigenvalue weighted by Gasteiger charge is 2.18. The largest absolute Gasteiger partial charge is 0.493 e. The summed E-state index contributed by atoms with van der Waals surface area (Å²) in [7, 11) is 3.07. The molecule has 0 aliphatic heterocycles. The molecule has 3 N–H and O–H groups in total. The second-order valence-corrected chi connectivity index (χ2v) is 4.69. The van der Waals surface area contributed by atoms with Gasteiger partial charge in [0.25, 0.3) is 0 Å². The molecule has 0 saturated heterocycles. The second-order valence-electron chi connectivity index (χ2n) is 3.77. The van der Waals surface area contributed by atoms with Crippen LogP contribution in [0.3, 0.4) is 0 Å². The van der Waals surface area contributed by atoms with Crippen LogP contribution in [0.2, 0.25) is 0 Å². The van der Waals surface area contributed by atoms with Crippen molar-refractivity contribution in [1.82, 2.24) is 0 Å². The zero-order chi connectivity index (χ0) is 13.7. The molecule has 6 heteroatoms. The van der Waals surface area contributed by atoms with Crippen LogP contribution in [-0.4, -0.2) is 25.3 Å². The molecule has 5 nitrogen and oxygen atoms in total. The van der Waals surface area contributed by atoms with E-state index in [1.54, 1.807) is 6.07 Å². The van der Waals surface area contributed by atoms with E-state index >= 15 is 0 Å². The summed E-state index contributed by atoms with van der Waals surface area (Å²) in [6, 6.07) is 3.17. The highest BCUT2D eigenvalue weighted by molar-refractivity contribution is 9.10. The fraction of sp³-hybridized carbons (Fsp3) is 0.417. The standard InChI is InChI=1S/C12H16BrNO4/c1-17-10-6-7(13)5-8(12(10)18-2)9(14)3-4-11(15)16/h5-6,9H,3-4,14H2,1-2H3,(H,15,16). The Kier molecular flexibility index (Phi) is 5.43. The predicted molar refractivity (Wildman–Crippen MR) is 71.0 cm³/mol.